The molecule has 8 nitrogen and oxygen atoms in total. The van der Waals surface area contributed by atoms with Crippen molar-refractivity contribution in [2.45, 2.75) is 136 Å². The first-order chi connectivity index (χ1) is 15.4. The lowest BCUT2D eigenvalue weighted by Crippen LogP contribution is -2.39. The Balaban J connectivity index is 2.15. The smallest absolute Gasteiger partial charge is 0.373 e. The van der Waals surface area contributed by atoms with Gasteiger partial charge in [-0.05, 0) is 55.4 Å². The van der Waals surface area contributed by atoms with Crippen LogP contribution in [0, 0.1) is 12.3 Å². The Morgan fingerprint density at radius 2 is 1.52 bits per heavy atom. The third kappa shape index (κ3) is 8.91. The lowest BCUT2D eigenvalue weighted by Gasteiger charge is -2.31. The van der Waals surface area contributed by atoms with Crippen LogP contribution < -0.4 is 0 Å². The number of ether oxygens (including phenoxy) is 4. The van der Waals surface area contributed by atoms with Gasteiger partial charge in [-0.3, -0.25) is 13.6 Å². The quantitative estimate of drug-likeness (QED) is 0.205. The predicted molar refractivity (Wildman–Crippen MR) is 126 cm³/mol. The van der Waals surface area contributed by atoms with Gasteiger partial charge in [-0.25, -0.2) is 4.57 Å². The molecule has 2 rings (SSSR count). The van der Waals surface area contributed by atoms with Crippen LogP contribution >= 0.6 is 7.82 Å². The minimum absolute atomic E-state index is 0.00922. The van der Waals surface area contributed by atoms with Gasteiger partial charge in [0.1, 0.15) is 18.3 Å². The Morgan fingerprint density at radius 3 is 2.06 bits per heavy atom. The molecule has 0 aliphatic carbocycles. The minimum atomic E-state index is -3.99. The first-order valence-corrected chi connectivity index (χ1v) is 13.6. The number of phosphoric ester groups is 1. The Kier molecular flexibility index (Phi) is 11.3. The van der Waals surface area contributed by atoms with Crippen LogP contribution in [0.3, 0.4) is 0 Å². The highest BCUT2D eigenvalue weighted by molar-refractivity contribution is 7.48. The lowest BCUT2D eigenvalue weighted by atomic mass is 10.1. The zero-order chi connectivity index (χ0) is 24.8. The molecule has 0 saturated carbocycles. The first-order valence-electron chi connectivity index (χ1n) is 12.1. The number of phosphoric acid groups is 1. The fourth-order valence-corrected chi connectivity index (χ4v) is 5.95. The SMILES string of the molecule is C#CCCOP(=O)(OC(C)[C@H]1O[C@@H](C)C[C@H]1OC(C)C)O[C@@H]1C[C@H](C)O[C@@H]1C(C)OC(C)C. The first kappa shape index (κ1) is 28.7. The largest absolute Gasteiger partial charge is 0.475 e. The van der Waals surface area contributed by atoms with Crippen LogP contribution in [-0.4, -0.2) is 67.6 Å². The average Bonchev–Trinajstić information content (AvgIpc) is 3.22. The van der Waals surface area contributed by atoms with Gasteiger partial charge in [0.15, 0.2) is 0 Å². The molecule has 2 aliphatic rings. The van der Waals surface area contributed by atoms with E-state index in [0.29, 0.717) is 6.42 Å². The molecule has 192 valence electrons. The molecule has 33 heavy (non-hydrogen) atoms. The molecule has 0 amide bonds. The summed E-state index contributed by atoms with van der Waals surface area (Å²) in [5, 5.41) is 0. The van der Waals surface area contributed by atoms with Crippen molar-refractivity contribution in [1.82, 2.24) is 0 Å². The predicted octanol–water partition coefficient (Wildman–Crippen LogP) is 4.89. The fraction of sp³-hybridized carbons (Fsp3) is 0.917. The van der Waals surface area contributed by atoms with Crippen LogP contribution in [0.25, 0.3) is 0 Å². The van der Waals surface area contributed by atoms with Crippen LogP contribution in [0.2, 0.25) is 0 Å². The molecule has 3 unspecified atom stereocenters. The zero-order valence-corrected chi connectivity index (χ0v) is 22.3. The summed E-state index contributed by atoms with van der Waals surface area (Å²) in [5.74, 6) is 2.49. The van der Waals surface area contributed by atoms with Gasteiger partial charge < -0.3 is 18.9 Å². The summed E-state index contributed by atoms with van der Waals surface area (Å²) in [6, 6.07) is 0. The summed E-state index contributed by atoms with van der Waals surface area (Å²) in [7, 11) is -3.99. The van der Waals surface area contributed by atoms with E-state index in [0.717, 1.165) is 6.42 Å². The van der Waals surface area contributed by atoms with Gasteiger partial charge in [-0.2, -0.15) is 0 Å². The van der Waals surface area contributed by atoms with E-state index in [2.05, 4.69) is 5.92 Å². The molecule has 0 radical (unpaired) electrons. The van der Waals surface area contributed by atoms with Crippen LogP contribution in [0.5, 0.6) is 0 Å². The monoisotopic (exact) mass is 490 g/mol. The third-order valence-corrected chi connectivity index (χ3v) is 7.17. The maximum Gasteiger partial charge on any atom is 0.475 e. The number of terminal acetylenes is 1. The molecule has 9 heteroatoms. The third-order valence-electron chi connectivity index (χ3n) is 5.55. The maximum absolute atomic E-state index is 13.8. The topological polar surface area (TPSA) is 81.7 Å². The van der Waals surface area contributed by atoms with E-state index in [1.807, 2.05) is 48.5 Å². The Labute approximate surface area is 199 Å². The summed E-state index contributed by atoms with van der Waals surface area (Å²) >= 11 is 0. The van der Waals surface area contributed by atoms with E-state index >= 15 is 0 Å². The van der Waals surface area contributed by atoms with Gasteiger partial charge in [0.25, 0.3) is 0 Å². The fourth-order valence-electron chi connectivity index (χ4n) is 4.40. The van der Waals surface area contributed by atoms with Crippen molar-refractivity contribution >= 4 is 7.82 Å². The molecule has 0 spiro atoms. The van der Waals surface area contributed by atoms with Crippen molar-refractivity contribution in [3.63, 3.8) is 0 Å². The highest BCUT2D eigenvalue weighted by Gasteiger charge is 2.46. The molecular weight excluding hydrogens is 447 g/mol. The summed E-state index contributed by atoms with van der Waals surface area (Å²) < 4.78 is 55.4. The second-order valence-electron chi connectivity index (χ2n) is 9.60. The van der Waals surface area contributed by atoms with Crippen LogP contribution in [0.4, 0.5) is 0 Å². The van der Waals surface area contributed by atoms with Crippen molar-refractivity contribution in [3.8, 4) is 12.3 Å². The van der Waals surface area contributed by atoms with Gasteiger partial charge in [0.2, 0.25) is 0 Å². The summed E-state index contributed by atoms with van der Waals surface area (Å²) in [6.45, 7) is 15.6. The normalized spacial score (nSPS) is 33.8. The van der Waals surface area contributed by atoms with E-state index in [1.165, 1.54) is 0 Å². The summed E-state index contributed by atoms with van der Waals surface area (Å²) in [4.78, 5) is 0. The van der Waals surface area contributed by atoms with Crippen molar-refractivity contribution < 1.29 is 37.1 Å². The van der Waals surface area contributed by atoms with Gasteiger partial charge in [0, 0.05) is 19.3 Å². The second kappa shape index (κ2) is 13.0. The highest BCUT2D eigenvalue weighted by Crippen LogP contribution is 2.54. The number of hydrogen-bond acceptors (Lipinski definition) is 8. The maximum atomic E-state index is 13.8. The molecule has 0 bridgehead atoms. The Morgan fingerprint density at radius 1 is 0.939 bits per heavy atom. The molecule has 2 aliphatic heterocycles. The number of rotatable bonds is 13. The van der Waals surface area contributed by atoms with E-state index in [1.54, 1.807) is 6.92 Å². The molecule has 0 N–H and O–H groups in total. The molecule has 0 aromatic carbocycles. The van der Waals surface area contributed by atoms with Crippen molar-refractivity contribution in [2.75, 3.05) is 6.61 Å². The minimum Gasteiger partial charge on any atom is -0.373 e. The Hall–Kier alpha value is -0.490. The molecule has 9 atom stereocenters. The van der Waals surface area contributed by atoms with Crippen LogP contribution in [0.15, 0.2) is 0 Å². The molecule has 0 aromatic rings. The summed E-state index contributed by atoms with van der Waals surface area (Å²) in [6.07, 6.45) is 4.61. The molecule has 2 saturated heterocycles. The average molecular weight is 491 g/mol. The standard InChI is InChI=1S/C24H43O8P/c1-10-11-12-26-33(25,31-20(9)24-21(28-16(4)5)13-17(6)30-24)32-22-14-18(7)29-23(22)19(8)27-15(2)3/h1,15-24H,11-14H2,2-9H3/t17-,18-,19?,20?,21+,22+,23+,24+,33?/m0/s1. The van der Waals surface area contributed by atoms with Crippen molar-refractivity contribution in [2.24, 2.45) is 0 Å². The second-order valence-corrected chi connectivity index (χ2v) is 11.2. The molecule has 2 fully saturated rings. The van der Waals surface area contributed by atoms with Crippen molar-refractivity contribution in [1.29, 1.82) is 0 Å². The molecular formula is C24H43O8P. The molecule has 2 heterocycles. The lowest BCUT2D eigenvalue weighted by molar-refractivity contribution is -0.108. The van der Waals surface area contributed by atoms with Gasteiger partial charge in [0.05, 0.1) is 49.3 Å². The van der Waals surface area contributed by atoms with E-state index in [9.17, 15) is 4.57 Å². The summed E-state index contributed by atoms with van der Waals surface area (Å²) in [5.41, 5.74) is 0. The van der Waals surface area contributed by atoms with E-state index < -0.39 is 32.2 Å². The Bertz CT molecular complexity index is 678. The van der Waals surface area contributed by atoms with E-state index in [-0.39, 0.29) is 49.7 Å². The van der Waals surface area contributed by atoms with Crippen LogP contribution in [-0.2, 0) is 37.1 Å². The van der Waals surface area contributed by atoms with E-state index in [4.69, 9.17) is 38.9 Å². The zero-order valence-electron chi connectivity index (χ0n) is 21.4. The highest BCUT2D eigenvalue weighted by atomic mass is 31.2. The number of hydrogen-bond donors (Lipinski definition) is 0. The van der Waals surface area contributed by atoms with Crippen LogP contribution in [0.1, 0.15) is 74.7 Å². The van der Waals surface area contributed by atoms with Gasteiger partial charge in [-0.15, -0.1) is 12.3 Å². The molecule has 0 aromatic heterocycles. The van der Waals surface area contributed by atoms with Crippen molar-refractivity contribution in [3.05, 3.63) is 0 Å². The van der Waals surface area contributed by atoms with Gasteiger partial charge >= 0.3 is 7.82 Å². The van der Waals surface area contributed by atoms with Gasteiger partial charge in [-0.1, -0.05) is 0 Å².